The van der Waals surface area contributed by atoms with Gasteiger partial charge in [0.05, 0.1) is 6.10 Å². The predicted octanol–water partition coefficient (Wildman–Crippen LogP) is 9.71. The predicted molar refractivity (Wildman–Crippen MR) is 138 cm³/mol. The van der Waals surface area contributed by atoms with E-state index in [0.717, 1.165) is 19.3 Å². The van der Waals surface area contributed by atoms with Crippen LogP contribution in [0.15, 0.2) is 0 Å². The molecule has 0 aromatic carbocycles. The minimum absolute atomic E-state index is 0.266. The quantitative estimate of drug-likeness (QED) is 0.136. The molecule has 0 bridgehead atoms. The van der Waals surface area contributed by atoms with Crippen molar-refractivity contribution in [1.82, 2.24) is 0 Å². The van der Waals surface area contributed by atoms with E-state index in [0.29, 0.717) is 12.8 Å². The van der Waals surface area contributed by atoms with Gasteiger partial charge in [0, 0.05) is 12.8 Å². The topological polar surface area (TPSA) is 37.3 Å². The first-order valence-corrected chi connectivity index (χ1v) is 14.4. The number of hydrogen-bond acceptors (Lipinski definition) is 2. The molecule has 0 heterocycles. The van der Waals surface area contributed by atoms with Gasteiger partial charge in [0.1, 0.15) is 5.78 Å². The zero-order valence-corrected chi connectivity index (χ0v) is 21.6. The molecule has 0 amide bonds. The van der Waals surface area contributed by atoms with Gasteiger partial charge in [0.2, 0.25) is 0 Å². The van der Waals surface area contributed by atoms with E-state index in [2.05, 4.69) is 13.8 Å². The Morgan fingerprint density at radius 2 is 0.839 bits per heavy atom. The highest BCUT2D eigenvalue weighted by Crippen LogP contribution is 2.15. The lowest BCUT2D eigenvalue weighted by molar-refractivity contribution is -0.121. The number of unbranched alkanes of at least 4 members (excludes halogenated alkanes) is 20. The third-order valence-corrected chi connectivity index (χ3v) is 6.66. The summed E-state index contributed by atoms with van der Waals surface area (Å²) in [5, 5.41) is 10.1. The van der Waals surface area contributed by atoms with Gasteiger partial charge in [-0.15, -0.1) is 0 Å². The summed E-state index contributed by atoms with van der Waals surface area (Å²) >= 11 is 0. The van der Waals surface area contributed by atoms with Crippen LogP contribution in [0, 0.1) is 0 Å². The van der Waals surface area contributed by atoms with Crippen LogP contribution in [-0.2, 0) is 4.79 Å². The number of carbonyl (C=O) groups excluding carboxylic acids is 1. The lowest BCUT2D eigenvalue weighted by atomic mass is 10.0. The molecule has 0 spiro atoms. The minimum atomic E-state index is -0.404. The van der Waals surface area contributed by atoms with Gasteiger partial charge >= 0.3 is 0 Å². The SMILES string of the molecule is CCCCCCCCCCCCCCCCCC(O)CC(=O)CCCCCCCCC. The molecule has 1 atom stereocenters. The fraction of sp³-hybridized carbons (Fsp3) is 0.966. The molecule has 0 aromatic heterocycles. The van der Waals surface area contributed by atoms with Crippen LogP contribution in [0.1, 0.15) is 174 Å². The summed E-state index contributed by atoms with van der Waals surface area (Å²) in [7, 11) is 0. The van der Waals surface area contributed by atoms with Crippen LogP contribution in [0.2, 0.25) is 0 Å². The third-order valence-electron chi connectivity index (χ3n) is 6.66. The average Bonchev–Trinajstić information content (AvgIpc) is 2.75. The summed E-state index contributed by atoms with van der Waals surface area (Å²) in [6, 6.07) is 0. The largest absolute Gasteiger partial charge is 0.393 e. The van der Waals surface area contributed by atoms with Crippen molar-refractivity contribution in [1.29, 1.82) is 0 Å². The number of rotatable bonds is 26. The monoisotopic (exact) mass is 438 g/mol. The van der Waals surface area contributed by atoms with E-state index in [-0.39, 0.29) is 5.78 Å². The smallest absolute Gasteiger partial charge is 0.135 e. The molecule has 0 aromatic rings. The molecule has 2 nitrogen and oxygen atoms in total. The molecule has 2 heteroatoms. The van der Waals surface area contributed by atoms with Crippen molar-refractivity contribution in [3.8, 4) is 0 Å². The Balaban J connectivity index is 3.26. The van der Waals surface area contributed by atoms with E-state index in [9.17, 15) is 9.90 Å². The number of hydrogen-bond donors (Lipinski definition) is 1. The summed E-state index contributed by atoms with van der Waals surface area (Å²) in [6.07, 6.45) is 30.6. The number of ketones is 1. The molecule has 186 valence electrons. The maximum absolute atomic E-state index is 12.0. The summed E-state index contributed by atoms with van der Waals surface area (Å²) in [5.74, 6) is 0.266. The highest BCUT2D eigenvalue weighted by atomic mass is 16.3. The maximum atomic E-state index is 12.0. The molecular weight excluding hydrogens is 380 g/mol. The van der Waals surface area contributed by atoms with Crippen LogP contribution in [0.3, 0.4) is 0 Å². The zero-order chi connectivity index (χ0) is 22.8. The van der Waals surface area contributed by atoms with Crippen LogP contribution < -0.4 is 0 Å². The second-order valence-corrected chi connectivity index (χ2v) is 10.0. The summed E-state index contributed by atoms with van der Waals surface area (Å²) in [5.41, 5.74) is 0. The summed E-state index contributed by atoms with van der Waals surface area (Å²) in [4.78, 5) is 12.0. The Labute approximate surface area is 196 Å². The first kappa shape index (κ1) is 30.6. The van der Waals surface area contributed by atoms with Crippen LogP contribution in [0.25, 0.3) is 0 Å². The van der Waals surface area contributed by atoms with Crippen molar-refractivity contribution in [3.63, 3.8) is 0 Å². The van der Waals surface area contributed by atoms with Crippen molar-refractivity contribution < 1.29 is 9.90 Å². The molecule has 0 rings (SSSR count). The fourth-order valence-electron chi connectivity index (χ4n) is 4.50. The summed E-state index contributed by atoms with van der Waals surface area (Å²) in [6.45, 7) is 4.52. The fourth-order valence-corrected chi connectivity index (χ4v) is 4.50. The Hall–Kier alpha value is -0.370. The van der Waals surface area contributed by atoms with E-state index in [1.165, 1.54) is 128 Å². The van der Waals surface area contributed by atoms with Gasteiger partial charge in [-0.05, 0) is 12.8 Å². The molecular formula is C29H58O2. The standard InChI is InChI=1S/C29H58O2/c1-3-5-7-9-11-12-13-14-15-16-17-18-20-22-24-26-29(31)27-28(30)25-23-21-19-10-8-6-4-2/h29,31H,3-27H2,1-2H3. The third kappa shape index (κ3) is 25.8. The van der Waals surface area contributed by atoms with Crippen LogP contribution in [0.5, 0.6) is 0 Å². The molecule has 0 aliphatic carbocycles. The Bertz CT molecular complexity index is 353. The first-order chi connectivity index (χ1) is 15.2. The van der Waals surface area contributed by atoms with Gasteiger partial charge in [-0.1, -0.05) is 149 Å². The van der Waals surface area contributed by atoms with Gasteiger partial charge in [0.15, 0.2) is 0 Å². The molecule has 0 aliphatic rings. The molecule has 0 saturated carbocycles. The number of aliphatic hydroxyl groups excluding tert-OH is 1. The molecule has 0 aliphatic heterocycles. The number of aliphatic hydroxyl groups is 1. The van der Waals surface area contributed by atoms with Gasteiger partial charge in [-0.2, -0.15) is 0 Å². The van der Waals surface area contributed by atoms with Gasteiger partial charge in [-0.25, -0.2) is 0 Å². The number of Topliss-reactive ketones (excluding diaryl/α,β-unsaturated/α-hetero) is 1. The Kier molecular flexibility index (Phi) is 25.6. The Morgan fingerprint density at radius 1 is 0.516 bits per heavy atom. The van der Waals surface area contributed by atoms with Gasteiger partial charge in [-0.3, -0.25) is 4.79 Å². The number of carbonyl (C=O) groups is 1. The lowest BCUT2D eigenvalue weighted by Gasteiger charge is -2.10. The van der Waals surface area contributed by atoms with E-state index in [1.807, 2.05) is 0 Å². The normalized spacial score (nSPS) is 12.4. The van der Waals surface area contributed by atoms with E-state index < -0.39 is 6.10 Å². The molecule has 1 N–H and O–H groups in total. The second kappa shape index (κ2) is 25.9. The average molecular weight is 439 g/mol. The highest BCUT2D eigenvalue weighted by molar-refractivity contribution is 5.78. The molecule has 0 fully saturated rings. The molecule has 0 saturated heterocycles. The zero-order valence-electron chi connectivity index (χ0n) is 21.6. The summed E-state index contributed by atoms with van der Waals surface area (Å²) < 4.78 is 0. The Morgan fingerprint density at radius 3 is 1.23 bits per heavy atom. The molecule has 1 unspecified atom stereocenters. The van der Waals surface area contributed by atoms with Crippen LogP contribution >= 0.6 is 0 Å². The molecule has 0 radical (unpaired) electrons. The van der Waals surface area contributed by atoms with Crippen molar-refractivity contribution in [3.05, 3.63) is 0 Å². The van der Waals surface area contributed by atoms with Crippen LogP contribution in [0.4, 0.5) is 0 Å². The van der Waals surface area contributed by atoms with E-state index in [1.54, 1.807) is 0 Å². The van der Waals surface area contributed by atoms with Crippen molar-refractivity contribution in [2.75, 3.05) is 0 Å². The van der Waals surface area contributed by atoms with Gasteiger partial charge in [0.25, 0.3) is 0 Å². The maximum Gasteiger partial charge on any atom is 0.135 e. The minimum Gasteiger partial charge on any atom is -0.393 e. The van der Waals surface area contributed by atoms with Crippen LogP contribution in [-0.4, -0.2) is 17.0 Å². The van der Waals surface area contributed by atoms with Crippen molar-refractivity contribution in [2.45, 2.75) is 180 Å². The second-order valence-electron chi connectivity index (χ2n) is 10.0. The van der Waals surface area contributed by atoms with Crippen molar-refractivity contribution >= 4 is 5.78 Å². The van der Waals surface area contributed by atoms with Crippen molar-refractivity contribution in [2.24, 2.45) is 0 Å². The molecule has 31 heavy (non-hydrogen) atoms. The highest BCUT2D eigenvalue weighted by Gasteiger charge is 2.10. The first-order valence-electron chi connectivity index (χ1n) is 14.4. The van der Waals surface area contributed by atoms with E-state index in [4.69, 9.17) is 0 Å². The van der Waals surface area contributed by atoms with E-state index >= 15 is 0 Å². The lowest BCUT2D eigenvalue weighted by Crippen LogP contribution is -2.13. The van der Waals surface area contributed by atoms with Gasteiger partial charge < -0.3 is 5.11 Å².